The topological polar surface area (TPSA) is 55.6 Å². The lowest BCUT2D eigenvalue weighted by Gasteiger charge is -2.19. The van der Waals surface area contributed by atoms with Crippen molar-refractivity contribution in [1.29, 1.82) is 0 Å². The molecule has 0 bridgehead atoms. The number of carbonyl (C=O) groups is 1. The lowest BCUT2D eigenvalue weighted by atomic mass is 10.1. The second-order valence-electron chi connectivity index (χ2n) is 7.87. The van der Waals surface area contributed by atoms with Crippen LogP contribution in [0.25, 0.3) is 16.2 Å². The number of aromatic nitrogens is 2. The van der Waals surface area contributed by atoms with Crippen LogP contribution in [0.4, 0.5) is 5.82 Å². The molecular formula is C23H29N3O2S. The van der Waals surface area contributed by atoms with Crippen LogP contribution in [0.2, 0.25) is 0 Å². The highest BCUT2D eigenvalue weighted by Crippen LogP contribution is 2.36. The van der Waals surface area contributed by atoms with E-state index >= 15 is 0 Å². The van der Waals surface area contributed by atoms with Crippen molar-refractivity contribution < 1.29 is 9.53 Å². The SMILES string of the molecule is CCOC(=O)c1sc2nc(-c3cccc(C)c3)c(NC3CCCCCC3)n2c1C. The largest absolute Gasteiger partial charge is 0.462 e. The standard InChI is InChI=1S/C23H29N3O2S/c1-4-28-22(27)20-16(3)26-21(24-18-12-7-5-6-8-13-18)19(25-23(26)29-20)17-11-9-10-15(2)14-17/h9-11,14,18,24H,4-8,12-13H2,1-3H3. The van der Waals surface area contributed by atoms with Gasteiger partial charge in [-0.15, -0.1) is 0 Å². The molecule has 0 aliphatic heterocycles. The molecule has 29 heavy (non-hydrogen) atoms. The summed E-state index contributed by atoms with van der Waals surface area (Å²) in [6.07, 6.45) is 7.50. The minimum absolute atomic E-state index is 0.266. The molecule has 4 rings (SSSR count). The van der Waals surface area contributed by atoms with Gasteiger partial charge in [0.25, 0.3) is 0 Å². The molecule has 3 aromatic rings. The molecule has 1 aliphatic rings. The molecule has 5 nitrogen and oxygen atoms in total. The molecule has 0 spiro atoms. The maximum atomic E-state index is 12.4. The van der Waals surface area contributed by atoms with Crippen LogP contribution in [-0.2, 0) is 4.74 Å². The monoisotopic (exact) mass is 411 g/mol. The number of ether oxygens (including phenoxy) is 1. The quantitative estimate of drug-likeness (QED) is 0.414. The first kappa shape index (κ1) is 20.0. The molecule has 1 saturated carbocycles. The minimum Gasteiger partial charge on any atom is -0.462 e. The van der Waals surface area contributed by atoms with E-state index in [0.29, 0.717) is 17.5 Å². The van der Waals surface area contributed by atoms with E-state index in [1.54, 1.807) is 0 Å². The van der Waals surface area contributed by atoms with E-state index < -0.39 is 0 Å². The summed E-state index contributed by atoms with van der Waals surface area (Å²) < 4.78 is 7.37. The third kappa shape index (κ3) is 4.04. The first-order valence-electron chi connectivity index (χ1n) is 10.6. The number of thiazole rings is 1. The number of hydrogen-bond donors (Lipinski definition) is 1. The van der Waals surface area contributed by atoms with Crippen LogP contribution in [0.3, 0.4) is 0 Å². The number of rotatable bonds is 5. The number of anilines is 1. The Morgan fingerprint density at radius 3 is 2.69 bits per heavy atom. The number of hydrogen-bond acceptors (Lipinski definition) is 5. The summed E-state index contributed by atoms with van der Waals surface area (Å²) in [5.74, 6) is 0.736. The van der Waals surface area contributed by atoms with Crippen LogP contribution in [0.15, 0.2) is 24.3 Å². The first-order chi connectivity index (χ1) is 14.1. The normalized spacial score (nSPS) is 15.4. The molecule has 1 aliphatic carbocycles. The van der Waals surface area contributed by atoms with E-state index in [1.807, 2.05) is 13.8 Å². The predicted octanol–water partition coefficient (Wildman–Crippen LogP) is 5.99. The molecule has 154 valence electrons. The average molecular weight is 412 g/mol. The molecule has 0 atom stereocenters. The number of fused-ring (bicyclic) bond motifs is 1. The predicted molar refractivity (Wildman–Crippen MR) is 119 cm³/mol. The van der Waals surface area contributed by atoms with E-state index in [0.717, 1.165) is 27.7 Å². The molecule has 1 N–H and O–H groups in total. The zero-order valence-electron chi connectivity index (χ0n) is 17.5. The maximum absolute atomic E-state index is 12.4. The Hall–Kier alpha value is -2.34. The number of nitrogens with one attached hydrogen (secondary N) is 1. The van der Waals surface area contributed by atoms with Gasteiger partial charge in [-0.3, -0.25) is 4.40 Å². The zero-order valence-corrected chi connectivity index (χ0v) is 18.3. The summed E-state index contributed by atoms with van der Waals surface area (Å²) in [6.45, 7) is 6.29. The Balaban J connectivity index is 1.82. The molecule has 2 aromatic heterocycles. The first-order valence-corrected chi connectivity index (χ1v) is 11.4. The third-order valence-corrected chi connectivity index (χ3v) is 6.78. The molecule has 1 aromatic carbocycles. The van der Waals surface area contributed by atoms with Crippen molar-refractivity contribution >= 4 is 28.1 Å². The highest BCUT2D eigenvalue weighted by atomic mass is 32.1. The molecule has 6 heteroatoms. The minimum atomic E-state index is -0.266. The van der Waals surface area contributed by atoms with Crippen molar-refractivity contribution in [3.05, 3.63) is 40.4 Å². The van der Waals surface area contributed by atoms with Gasteiger partial charge in [0.05, 0.1) is 6.61 Å². The molecule has 2 heterocycles. The van der Waals surface area contributed by atoms with Gasteiger partial charge in [-0.1, -0.05) is 60.8 Å². The number of nitrogens with zero attached hydrogens (tertiary/aromatic N) is 2. The highest BCUT2D eigenvalue weighted by molar-refractivity contribution is 7.19. The average Bonchev–Trinajstić information content (AvgIpc) is 3.08. The Labute approximate surface area is 176 Å². The third-order valence-electron chi connectivity index (χ3n) is 5.65. The summed E-state index contributed by atoms with van der Waals surface area (Å²) >= 11 is 1.41. The maximum Gasteiger partial charge on any atom is 0.350 e. The summed E-state index contributed by atoms with van der Waals surface area (Å²) in [7, 11) is 0. The lowest BCUT2D eigenvalue weighted by molar-refractivity contribution is 0.0531. The van der Waals surface area contributed by atoms with Crippen molar-refractivity contribution in [1.82, 2.24) is 9.38 Å². The number of benzene rings is 1. The fourth-order valence-electron chi connectivity index (χ4n) is 4.18. The number of carbonyl (C=O) groups excluding carboxylic acids is 1. The van der Waals surface area contributed by atoms with E-state index in [1.165, 1.54) is 55.4 Å². The van der Waals surface area contributed by atoms with Gasteiger partial charge in [0.1, 0.15) is 16.4 Å². The summed E-state index contributed by atoms with van der Waals surface area (Å²) in [5.41, 5.74) is 4.17. The van der Waals surface area contributed by atoms with E-state index in [2.05, 4.69) is 40.9 Å². The van der Waals surface area contributed by atoms with Gasteiger partial charge in [-0.2, -0.15) is 0 Å². The van der Waals surface area contributed by atoms with Crippen molar-refractivity contribution in [3.63, 3.8) is 0 Å². The number of imidazole rings is 1. The van der Waals surface area contributed by atoms with Crippen LogP contribution in [0.1, 0.15) is 66.4 Å². The van der Waals surface area contributed by atoms with Gasteiger partial charge in [-0.25, -0.2) is 9.78 Å². The lowest BCUT2D eigenvalue weighted by Crippen LogP contribution is -2.20. The van der Waals surface area contributed by atoms with Crippen molar-refractivity contribution in [3.8, 4) is 11.3 Å². The summed E-state index contributed by atoms with van der Waals surface area (Å²) in [5, 5.41) is 3.81. The Morgan fingerprint density at radius 2 is 2.00 bits per heavy atom. The fourth-order valence-corrected chi connectivity index (χ4v) is 5.20. The molecule has 0 radical (unpaired) electrons. The van der Waals surface area contributed by atoms with Gasteiger partial charge in [0.15, 0.2) is 4.96 Å². The van der Waals surface area contributed by atoms with Crippen molar-refractivity contribution in [2.75, 3.05) is 11.9 Å². The van der Waals surface area contributed by atoms with Gasteiger partial charge in [-0.05, 0) is 39.7 Å². The molecule has 0 saturated heterocycles. The fraction of sp³-hybridized carbons (Fsp3) is 0.478. The van der Waals surface area contributed by atoms with Gasteiger partial charge >= 0.3 is 5.97 Å². The highest BCUT2D eigenvalue weighted by Gasteiger charge is 2.25. The van der Waals surface area contributed by atoms with Crippen molar-refractivity contribution in [2.45, 2.75) is 65.3 Å². The Kier molecular flexibility index (Phi) is 5.90. The summed E-state index contributed by atoms with van der Waals surface area (Å²) in [6, 6.07) is 8.90. The molecular weight excluding hydrogens is 382 g/mol. The van der Waals surface area contributed by atoms with Crippen molar-refractivity contribution in [2.24, 2.45) is 0 Å². The molecule has 0 amide bonds. The molecule has 1 fully saturated rings. The Bertz CT molecular complexity index is 1010. The van der Waals surface area contributed by atoms with E-state index in [-0.39, 0.29) is 5.97 Å². The Morgan fingerprint density at radius 1 is 1.24 bits per heavy atom. The van der Waals surface area contributed by atoms with Crippen LogP contribution in [0.5, 0.6) is 0 Å². The van der Waals surface area contributed by atoms with Crippen LogP contribution < -0.4 is 5.32 Å². The van der Waals surface area contributed by atoms with Crippen LogP contribution in [0, 0.1) is 13.8 Å². The smallest absolute Gasteiger partial charge is 0.350 e. The zero-order chi connectivity index (χ0) is 20.4. The molecule has 0 unspecified atom stereocenters. The van der Waals surface area contributed by atoms with E-state index in [9.17, 15) is 4.79 Å². The number of esters is 1. The van der Waals surface area contributed by atoms with Gasteiger partial charge in [0.2, 0.25) is 0 Å². The second kappa shape index (κ2) is 8.57. The van der Waals surface area contributed by atoms with Crippen LogP contribution in [-0.4, -0.2) is 28.0 Å². The van der Waals surface area contributed by atoms with E-state index in [4.69, 9.17) is 9.72 Å². The van der Waals surface area contributed by atoms with Gasteiger partial charge in [0, 0.05) is 17.3 Å². The summed E-state index contributed by atoms with van der Waals surface area (Å²) in [4.78, 5) is 18.8. The van der Waals surface area contributed by atoms with Gasteiger partial charge < -0.3 is 10.1 Å². The second-order valence-corrected chi connectivity index (χ2v) is 8.84. The van der Waals surface area contributed by atoms with Crippen LogP contribution >= 0.6 is 11.3 Å². The number of aryl methyl sites for hydroxylation is 2.